The molecule has 3 rings (SSSR count). The fourth-order valence-corrected chi connectivity index (χ4v) is 2.74. The van der Waals surface area contributed by atoms with Crippen molar-refractivity contribution in [2.24, 2.45) is 0 Å². The Hall–Kier alpha value is -1.65. The molecule has 0 unspecified atom stereocenters. The molecule has 0 amide bonds. The molecule has 0 saturated carbocycles. The van der Waals surface area contributed by atoms with Gasteiger partial charge in [0.1, 0.15) is 0 Å². The third-order valence-electron chi connectivity index (χ3n) is 3.79. The Bertz CT molecular complexity index is 550. The molecule has 0 spiro atoms. The van der Waals surface area contributed by atoms with Crippen molar-refractivity contribution in [3.8, 4) is 0 Å². The Balaban J connectivity index is 1.47. The maximum Gasteiger partial charge on any atom is 0.222 e. The molecule has 21 heavy (non-hydrogen) atoms. The number of halogens is 1. The highest BCUT2D eigenvalue weighted by molar-refractivity contribution is 6.30. The van der Waals surface area contributed by atoms with Crippen molar-refractivity contribution in [3.05, 3.63) is 53.3 Å². The molecule has 1 aromatic carbocycles. The van der Waals surface area contributed by atoms with Crippen LogP contribution in [-0.2, 0) is 6.54 Å². The van der Waals surface area contributed by atoms with E-state index in [4.69, 9.17) is 11.6 Å². The number of nitrogens with zero attached hydrogens (tertiary/aromatic N) is 3. The molecule has 1 aliphatic heterocycles. The van der Waals surface area contributed by atoms with E-state index in [9.17, 15) is 0 Å². The number of hydrogen-bond donors (Lipinski definition) is 1. The van der Waals surface area contributed by atoms with E-state index >= 15 is 0 Å². The molecule has 1 N–H and O–H groups in total. The molecule has 4 nitrogen and oxygen atoms in total. The van der Waals surface area contributed by atoms with Crippen molar-refractivity contribution >= 4 is 17.5 Å². The number of anilines is 1. The minimum Gasteiger partial charge on any atom is -0.351 e. The largest absolute Gasteiger partial charge is 0.351 e. The molecule has 1 aliphatic rings. The van der Waals surface area contributed by atoms with E-state index in [0.29, 0.717) is 17.0 Å². The van der Waals surface area contributed by atoms with Crippen LogP contribution in [0.15, 0.2) is 42.7 Å². The average Bonchev–Trinajstić information content (AvgIpc) is 2.53. The second-order valence-electron chi connectivity index (χ2n) is 5.41. The molecular formula is C16H19ClN4. The van der Waals surface area contributed by atoms with Gasteiger partial charge in [0.2, 0.25) is 5.95 Å². The summed E-state index contributed by atoms with van der Waals surface area (Å²) >= 11 is 5.79. The third-order valence-corrected chi connectivity index (χ3v) is 3.99. The Morgan fingerprint density at radius 3 is 2.43 bits per heavy atom. The van der Waals surface area contributed by atoms with Crippen LogP contribution in [0.2, 0.25) is 5.02 Å². The van der Waals surface area contributed by atoms with Gasteiger partial charge in [-0.25, -0.2) is 9.97 Å². The van der Waals surface area contributed by atoms with Crippen LogP contribution in [0.25, 0.3) is 0 Å². The highest BCUT2D eigenvalue weighted by atomic mass is 35.5. The summed E-state index contributed by atoms with van der Waals surface area (Å²) < 4.78 is 0. The normalized spacial score (nSPS) is 16.8. The van der Waals surface area contributed by atoms with Gasteiger partial charge in [0, 0.05) is 25.7 Å². The SMILES string of the molecule is Clc1cnc(NC2CCN(Cc3ccccc3)CC2)nc1. The van der Waals surface area contributed by atoms with Gasteiger partial charge >= 0.3 is 0 Å². The van der Waals surface area contributed by atoms with Crippen molar-refractivity contribution in [1.29, 1.82) is 0 Å². The first-order valence-corrected chi connectivity index (χ1v) is 7.68. The summed E-state index contributed by atoms with van der Waals surface area (Å²) in [5.74, 6) is 0.668. The Morgan fingerprint density at radius 1 is 1.10 bits per heavy atom. The van der Waals surface area contributed by atoms with Gasteiger partial charge in [-0.15, -0.1) is 0 Å². The van der Waals surface area contributed by atoms with E-state index in [1.54, 1.807) is 12.4 Å². The zero-order valence-corrected chi connectivity index (χ0v) is 12.6. The van der Waals surface area contributed by atoms with Crippen LogP contribution in [-0.4, -0.2) is 34.0 Å². The number of benzene rings is 1. The lowest BCUT2D eigenvalue weighted by Crippen LogP contribution is -2.38. The smallest absolute Gasteiger partial charge is 0.222 e. The predicted molar refractivity (Wildman–Crippen MR) is 85.4 cm³/mol. The van der Waals surface area contributed by atoms with Gasteiger partial charge in [0.05, 0.1) is 17.4 Å². The predicted octanol–water partition coefficient (Wildman–Crippen LogP) is 3.21. The van der Waals surface area contributed by atoms with Gasteiger partial charge in [-0.1, -0.05) is 41.9 Å². The van der Waals surface area contributed by atoms with E-state index in [1.165, 1.54) is 5.56 Å². The standard InChI is InChI=1S/C16H19ClN4/c17-14-10-18-16(19-11-14)20-15-6-8-21(9-7-15)12-13-4-2-1-3-5-13/h1-5,10-11,15H,6-9,12H2,(H,18,19,20). The first-order valence-electron chi connectivity index (χ1n) is 7.30. The zero-order chi connectivity index (χ0) is 14.5. The maximum atomic E-state index is 5.79. The number of likely N-dealkylation sites (tertiary alicyclic amines) is 1. The molecule has 2 heterocycles. The summed E-state index contributed by atoms with van der Waals surface area (Å²) in [6.07, 6.45) is 5.47. The lowest BCUT2D eigenvalue weighted by atomic mass is 10.0. The van der Waals surface area contributed by atoms with Crippen molar-refractivity contribution in [3.63, 3.8) is 0 Å². The number of rotatable bonds is 4. The number of hydrogen-bond acceptors (Lipinski definition) is 4. The Labute approximate surface area is 130 Å². The Morgan fingerprint density at radius 2 is 1.76 bits per heavy atom. The summed E-state index contributed by atoms with van der Waals surface area (Å²) in [5.41, 5.74) is 1.38. The van der Waals surface area contributed by atoms with Crippen LogP contribution in [0.1, 0.15) is 18.4 Å². The monoisotopic (exact) mass is 302 g/mol. The second-order valence-corrected chi connectivity index (χ2v) is 5.84. The minimum absolute atomic E-state index is 0.443. The molecule has 5 heteroatoms. The van der Waals surface area contributed by atoms with Gasteiger partial charge < -0.3 is 5.32 Å². The Kier molecular flexibility index (Phi) is 4.68. The second kappa shape index (κ2) is 6.87. The highest BCUT2D eigenvalue weighted by Gasteiger charge is 2.19. The van der Waals surface area contributed by atoms with Crippen molar-refractivity contribution in [1.82, 2.24) is 14.9 Å². The van der Waals surface area contributed by atoms with Gasteiger partial charge in [0.15, 0.2) is 0 Å². The van der Waals surface area contributed by atoms with E-state index < -0.39 is 0 Å². The van der Waals surface area contributed by atoms with Crippen molar-refractivity contribution < 1.29 is 0 Å². The quantitative estimate of drug-likeness (QED) is 0.941. The molecule has 0 aliphatic carbocycles. The van der Waals surface area contributed by atoms with Gasteiger partial charge in [-0.3, -0.25) is 4.90 Å². The number of nitrogens with one attached hydrogen (secondary N) is 1. The van der Waals surface area contributed by atoms with Crippen LogP contribution in [0.4, 0.5) is 5.95 Å². The summed E-state index contributed by atoms with van der Waals surface area (Å²) in [6.45, 7) is 3.23. The van der Waals surface area contributed by atoms with Gasteiger partial charge in [0.25, 0.3) is 0 Å². The van der Waals surface area contributed by atoms with Crippen molar-refractivity contribution in [2.45, 2.75) is 25.4 Å². The molecule has 0 radical (unpaired) electrons. The molecule has 1 fully saturated rings. The van der Waals surface area contributed by atoms with Crippen LogP contribution in [0.5, 0.6) is 0 Å². The molecule has 0 atom stereocenters. The fourth-order valence-electron chi connectivity index (χ4n) is 2.65. The van der Waals surface area contributed by atoms with E-state index in [1.807, 2.05) is 0 Å². The lowest BCUT2D eigenvalue weighted by molar-refractivity contribution is 0.211. The summed E-state index contributed by atoms with van der Waals surface area (Å²) in [6, 6.07) is 11.1. The molecular weight excluding hydrogens is 284 g/mol. The number of aromatic nitrogens is 2. The minimum atomic E-state index is 0.443. The summed E-state index contributed by atoms with van der Waals surface area (Å²) in [5, 5.41) is 3.95. The van der Waals surface area contributed by atoms with Gasteiger partial charge in [-0.2, -0.15) is 0 Å². The van der Waals surface area contributed by atoms with Crippen LogP contribution in [0.3, 0.4) is 0 Å². The lowest BCUT2D eigenvalue weighted by Gasteiger charge is -2.32. The molecule has 110 valence electrons. The fraction of sp³-hybridized carbons (Fsp3) is 0.375. The van der Waals surface area contributed by atoms with Crippen LogP contribution >= 0.6 is 11.6 Å². The van der Waals surface area contributed by atoms with Crippen LogP contribution in [0, 0.1) is 0 Å². The first-order chi connectivity index (χ1) is 10.3. The average molecular weight is 303 g/mol. The first kappa shape index (κ1) is 14.3. The maximum absolute atomic E-state index is 5.79. The van der Waals surface area contributed by atoms with E-state index in [2.05, 4.69) is 50.5 Å². The summed E-state index contributed by atoms with van der Waals surface area (Å²) in [7, 11) is 0. The topological polar surface area (TPSA) is 41.1 Å². The molecule has 1 aromatic heterocycles. The zero-order valence-electron chi connectivity index (χ0n) is 11.9. The molecule has 1 saturated heterocycles. The van der Waals surface area contributed by atoms with Gasteiger partial charge in [-0.05, 0) is 18.4 Å². The highest BCUT2D eigenvalue weighted by Crippen LogP contribution is 2.16. The van der Waals surface area contributed by atoms with E-state index in [0.717, 1.165) is 32.5 Å². The van der Waals surface area contributed by atoms with Crippen LogP contribution < -0.4 is 5.32 Å². The number of piperidine rings is 1. The van der Waals surface area contributed by atoms with Crippen molar-refractivity contribution in [2.75, 3.05) is 18.4 Å². The van der Waals surface area contributed by atoms with E-state index in [-0.39, 0.29) is 0 Å². The third kappa shape index (κ3) is 4.16. The summed E-state index contributed by atoms with van der Waals surface area (Å²) in [4.78, 5) is 10.9. The molecule has 2 aromatic rings. The molecule has 0 bridgehead atoms.